The van der Waals surface area contributed by atoms with Gasteiger partial charge in [0.15, 0.2) is 0 Å². The Morgan fingerprint density at radius 2 is 1.88 bits per heavy atom. The van der Waals surface area contributed by atoms with E-state index in [0.29, 0.717) is 5.88 Å². The lowest BCUT2D eigenvalue weighted by Crippen LogP contribution is -2.36. The number of nitrogens with two attached hydrogens (primary N) is 1. The van der Waals surface area contributed by atoms with Gasteiger partial charge in [0.25, 0.3) is 0 Å². The predicted molar refractivity (Wildman–Crippen MR) is 101 cm³/mol. The first-order valence-electron chi connectivity index (χ1n) is 8.75. The fraction of sp³-hybridized carbons (Fsp3) is 0.500. The van der Waals surface area contributed by atoms with Gasteiger partial charge in [-0.3, -0.25) is 9.89 Å². The molecule has 1 heterocycles. The molecule has 1 aromatic heterocycles. The van der Waals surface area contributed by atoms with Crippen molar-refractivity contribution in [2.45, 2.75) is 53.9 Å². The van der Waals surface area contributed by atoms with Crippen LogP contribution in [-0.4, -0.2) is 22.7 Å². The predicted octanol–water partition coefficient (Wildman–Crippen LogP) is 4.10. The summed E-state index contributed by atoms with van der Waals surface area (Å²) in [6.45, 7) is 12.2. The summed E-state index contributed by atoms with van der Waals surface area (Å²) in [6.07, 6.45) is 0.965. The number of nitrogens with zero attached hydrogens (tertiary/aromatic N) is 1. The Balaban J connectivity index is 2.42. The molecule has 0 radical (unpaired) electrons. The number of hydrogen-bond acceptors (Lipinski definition) is 3. The third-order valence-electron chi connectivity index (χ3n) is 4.62. The summed E-state index contributed by atoms with van der Waals surface area (Å²) in [7, 11) is 0. The van der Waals surface area contributed by atoms with Gasteiger partial charge in [0.05, 0.1) is 11.1 Å². The van der Waals surface area contributed by atoms with Gasteiger partial charge in [0.1, 0.15) is 6.61 Å². The van der Waals surface area contributed by atoms with E-state index in [1.165, 1.54) is 11.1 Å². The number of rotatable bonds is 7. The topological polar surface area (TPSA) is 81.0 Å². The second kappa shape index (κ2) is 7.30. The first-order valence-corrected chi connectivity index (χ1v) is 8.75. The number of ether oxygens (including phenoxy) is 1. The maximum absolute atomic E-state index is 11.5. The van der Waals surface area contributed by atoms with Crippen molar-refractivity contribution < 1.29 is 9.53 Å². The summed E-state index contributed by atoms with van der Waals surface area (Å²) in [5.74, 6) is 0.446. The van der Waals surface area contributed by atoms with Crippen LogP contribution in [0.25, 0.3) is 11.3 Å². The van der Waals surface area contributed by atoms with Crippen molar-refractivity contribution in [2.24, 2.45) is 11.1 Å². The minimum Gasteiger partial charge on any atom is -0.475 e. The lowest BCUT2D eigenvalue weighted by Gasteiger charge is -2.21. The molecule has 0 unspecified atom stereocenters. The number of hydrogen-bond donors (Lipinski definition) is 2. The molecule has 0 saturated carbocycles. The van der Waals surface area contributed by atoms with Crippen molar-refractivity contribution in [3.8, 4) is 17.1 Å². The number of aromatic amines is 1. The van der Waals surface area contributed by atoms with E-state index < -0.39 is 5.41 Å². The SMILES string of the molecule is CC[C@@H](C)c1c(OCC(C)(C)C(N)=O)n[nH]c1-c1cc(C)cc(C)c1. The van der Waals surface area contributed by atoms with Gasteiger partial charge in [0, 0.05) is 11.1 Å². The third-order valence-corrected chi connectivity index (χ3v) is 4.62. The van der Waals surface area contributed by atoms with Crippen LogP contribution in [0, 0.1) is 19.3 Å². The number of aryl methyl sites for hydroxylation is 2. The quantitative estimate of drug-likeness (QED) is 0.794. The second-order valence-electron chi connectivity index (χ2n) is 7.54. The molecule has 1 amide bonds. The van der Waals surface area contributed by atoms with E-state index in [2.05, 4.69) is 56.1 Å². The van der Waals surface area contributed by atoms with Crippen molar-refractivity contribution in [3.05, 3.63) is 34.9 Å². The summed E-state index contributed by atoms with van der Waals surface area (Å²) in [5.41, 5.74) is 10.2. The fourth-order valence-electron chi connectivity index (χ4n) is 2.76. The van der Waals surface area contributed by atoms with E-state index in [1.807, 2.05) is 0 Å². The smallest absolute Gasteiger partial charge is 0.236 e. The van der Waals surface area contributed by atoms with Crippen LogP contribution in [-0.2, 0) is 4.79 Å². The van der Waals surface area contributed by atoms with E-state index in [1.54, 1.807) is 13.8 Å². The number of carbonyl (C=O) groups excluding carboxylic acids is 1. The molecule has 3 N–H and O–H groups in total. The van der Waals surface area contributed by atoms with Crippen LogP contribution in [0.1, 0.15) is 56.7 Å². The molecule has 0 aliphatic heterocycles. The van der Waals surface area contributed by atoms with E-state index in [9.17, 15) is 4.79 Å². The summed E-state index contributed by atoms with van der Waals surface area (Å²) >= 11 is 0. The Bertz CT molecular complexity index is 742. The highest BCUT2D eigenvalue weighted by Gasteiger charge is 2.28. The number of primary amides is 1. The number of carbonyl (C=O) groups is 1. The van der Waals surface area contributed by atoms with E-state index in [4.69, 9.17) is 10.5 Å². The molecular formula is C20H29N3O2. The zero-order valence-electron chi connectivity index (χ0n) is 16.1. The van der Waals surface area contributed by atoms with Crippen LogP contribution in [0.4, 0.5) is 0 Å². The standard InChI is InChI=1S/C20H29N3O2/c1-7-14(4)16-17(15-9-12(2)8-13(3)10-15)22-23-18(16)25-11-20(5,6)19(21)24/h8-10,14H,7,11H2,1-6H3,(H2,21,24)(H,22,23)/t14-/m1/s1. The summed E-state index contributed by atoms with van der Waals surface area (Å²) in [5, 5.41) is 7.52. The Morgan fingerprint density at radius 1 is 1.28 bits per heavy atom. The number of nitrogens with one attached hydrogen (secondary N) is 1. The molecule has 5 heteroatoms. The first-order chi connectivity index (χ1) is 11.7. The van der Waals surface area contributed by atoms with Gasteiger partial charge in [0.2, 0.25) is 11.8 Å². The monoisotopic (exact) mass is 343 g/mol. The zero-order valence-corrected chi connectivity index (χ0v) is 16.1. The molecule has 136 valence electrons. The van der Waals surface area contributed by atoms with Gasteiger partial charge in [-0.25, -0.2) is 0 Å². The third kappa shape index (κ3) is 4.21. The molecule has 0 aliphatic rings. The molecule has 5 nitrogen and oxygen atoms in total. The Kier molecular flexibility index (Phi) is 5.55. The molecule has 0 fully saturated rings. The molecular weight excluding hydrogens is 314 g/mol. The van der Waals surface area contributed by atoms with Crippen molar-refractivity contribution in [1.29, 1.82) is 0 Å². The summed E-state index contributed by atoms with van der Waals surface area (Å²) in [4.78, 5) is 11.5. The van der Waals surface area contributed by atoms with Gasteiger partial charge in [-0.15, -0.1) is 5.10 Å². The van der Waals surface area contributed by atoms with Crippen LogP contribution in [0.3, 0.4) is 0 Å². The van der Waals surface area contributed by atoms with Crippen LogP contribution >= 0.6 is 0 Å². The Morgan fingerprint density at radius 3 is 2.40 bits per heavy atom. The lowest BCUT2D eigenvalue weighted by molar-refractivity contribution is -0.127. The van der Waals surface area contributed by atoms with Gasteiger partial charge >= 0.3 is 0 Å². The number of amides is 1. The zero-order chi connectivity index (χ0) is 18.8. The molecule has 25 heavy (non-hydrogen) atoms. The minimum absolute atomic E-state index is 0.197. The van der Waals surface area contributed by atoms with Crippen molar-refractivity contribution in [2.75, 3.05) is 6.61 Å². The average molecular weight is 343 g/mol. The van der Waals surface area contributed by atoms with Crippen LogP contribution in [0.5, 0.6) is 5.88 Å². The van der Waals surface area contributed by atoms with Gasteiger partial charge in [-0.1, -0.05) is 31.0 Å². The van der Waals surface area contributed by atoms with E-state index >= 15 is 0 Å². The highest BCUT2D eigenvalue weighted by atomic mass is 16.5. The molecule has 0 bridgehead atoms. The van der Waals surface area contributed by atoms with E-state index in [0.717, 1.165) is 23.2 Å². The fourth-order valence-corrected chi connectivity index (χ4v) is 2.76. The normalized spacial score (nSPS) is 12.9. The number of H-pyrrole nitrogens is 1. The summed E-state index contributed by atoms with van der Waals surface area (Å²) in [6, 6.07) is 6.43. The lowest BCUT2D eigenvalue weighted by atomic mass is 9.93. The first kappa shape index (κ1) is 19.0. The van der Waals surface area contributed by atoms with E-state index in [-0.39, 0.29) is 18.4 Å². The maximum Gasteiger partial charge on any atom is 0.236 e. The Labute approximate surface area is 150 Å². The highest BCUT2D eigenvalue weighted by molar-refractivity contribution is 5.80. The van der Waals surface area contributed by atoms with Gasteiger partial charge in [-0.05, 0) is 52.2 Å². The van der Waals surface area contributed by atoms with Crippen LogP contribution in [0.15, 0.2) is 18.2 Å². The summed E-state index contributed by atoms with van der Waals surface area (Å²) < 4.78 is 5.91. The second-order valence-corrected chi connectivity index (χ2v) is 7.54. The number of aromatic nitrogens is 2. The maximum atomic E-state index is 11.5. The molecule has 1 aromatic carbocycles. The molecule has 2 rings (SSSR count). The molecule has 1 atom stereocenters. The largest absolute Gasteiger partial charge is 0.475 e. The average Bonchev–Trinajstić information content (AvgIpc) is 2.95. The number of benzene rings is 1. The minimum atomic E-state index is -0.744. The van der Waals surface area contributed by atoms with Crippen LogP contribution in [0.2, 0.25) is 0 Å². The van der Waals surface area contributed by atoms with Gasteiger partial charge in [-0.2, -0.15) is 0 Å². The van der Waals surface area contributed by atoms with Crippen molar-refractivity contribution in [3.63, 3.8) is 0 Å². The molecule has 0 spiro atoms. The molecule has 2 aromatic rings. The molecule has 0 aliphatic carbocycles. The van der Waals surface area contributed by atoms with Crippen molar-refractivity contribution in [1.82, 2.24) is 10.2 Å². The highest BCUT2D eigenvalue weighted by Crippen LogP contribution is 2.37. The van der Waals surface area contributed by atoms with Gasteiger partial charge < -0.3 is 10.5 Å². The van der Waals surface area contributed by atoms with Crippen LogP contribution < -0.4 is 10.5 Å². The Hall–Kier alpha value is -2.30. The molecule has 0 saturated heterocycles. The van der Waals surface area contributed by atoms with Crippen molar-refractivity contribution >= 4 is 5.91 Å².